The summed E-state index contributed by atoms with van der Waals surface area (Å²) in [5.74, 6) is 0. The molecule has 1 unspecified atom stereocenters. The molecule has 0 aliphatic rings. The maximum Gasteiger partial charge on any atom is 0.116 e. The van der Waals surface area contributed by atoms with Crippen LogP contribution in [0.1, 0.15) is 6.92 Å². The van der Waals surface area contributed by atoms with Crippen LogP contribution < -0.4 is 5.73 Å². The molecule has 0 bridgehead atoms. The molecule has 1 aromatic carbocycles. The molecule has 0 spiro atoms. The van der Waals surface area contributed by atoms with Crippen molar-refractivity contribution in [3.8, 4) is 0 Å². The summed E-state index contributed by atoms with van der Waals surface area (Å²) in [5.41, 5.74) is 6.22. The summed E-state index contributed by atoms with van der Waals surface area (Å²) in [6.45, 7) is 1.78. The second-order valence-corrected chi connectivity index (χ2v) is 2.29. The molecule has 0 saturated carbocycles. The van der Waals surface area contributed by atoms with Crippen LogP contribution in [0.2, 0.25) is 0 Å². The van der Waals surface area contributed by atoms with Gasteiger partial charge in [-0.05, 0) is 19.1 Å². The Morgan fingerprint density at radius 2 is 1.91 bits per heavy atom. The van der Waals surface area contributed by atoms with Crippen LogP contribution in [0.3, 0.4) is 0 Å². The average Bonchev–Trinajstić information content (AvgIpc) is 2.03. The standard InChI is InChI=1S/C8H11N3/c1-7(9)10-11-8-5-3-2-4-6-8/h2-7H,9H2,1H3. The number of hydrogen-bond acceptors (Lipinski definition) is 3. The van der Waals surface area contributed by atoms with Gasteiger partial charge in [0.1, 0.15) is 6.17 Å². The van der Waals surface area contributed by atoms with Gasteiger partial charge in [-0.3, -0.25) is 0 Å². The zero-order valence-corrected chi connectivity index (χ0v) is 6.44. The van der Waals surface area contributed by atoms with Crippen molar-refractivity contribution >= 4 is 5.69 Å². The average molecular weight is 149 g/mol. The van der Waals surface area contributed by atoms with E-state index in [4.69, 9.17) is 5.73 Å². The van der Waals surface area contributed by atoms with Crippen molar-refractivity contribution in [1.29, 1.82) is 0 Å². The van der Waals surface area contributed by atoms with Crippen LogP contribution in [0, 0.1) is 0 Å². The van der Waals surface area contributed by atoms with E-state index in [0.717, 1.165) is 5.69 Å². The first-order chi connectivity index (χ1) is 5.29. The lowest BCUT2D eigenvalue weighted by atomic mass is 10.3. The van der Waals surface area contributed by atoms with E-state index >= 15 is 0 Å². The monoisotopic (exact) mass is 149 g/mol. The maximum absolute atomic E-state index is 5.38. The van der Waals surface area contributed by atoms with Crippen molar-refractivity contribution in [3.05, 3.63) is 30.3 Å². The number of nitrogens with two attached hydrogens (primary N) is 1. The molecule has 0 aliphatic carbocycles. The summed E-state index contributed by atoms with van der Waals surface area (Å²) in [4.78, 5) is 0. The predicted molar refractivity (Wildman–Crippen MR) is 44.6 cm³/mol. The Morgan fingerprint density at radius 1 is 1.27 bits per heavy atom. The third-order valence-electron chi connectivity index (χ3n) is 1.11. The molecular formula is C8H11N3. The zero-order valence-electron chi connectivity index (χ0n) is 6.44. The Morgan fingerprint density at radius 3 is 2.45 bits per heavy atom. The summed E-state index contributed by atoms with van der Waals surface area (Å²) in [6.07, 6.45) is -0.227. The van der Waals surface area contributed by atoms with Crippen molar-refractivity contribution in [1.82, 2.24) is 0 Å². The van der Waals surface area contributed by atoms with E-state index in [-0.39, 0.29) is 6.17 Å². The molecule has 0 aromatic heterocycles. The second kappa shape index (κ2) is 3.83. The summed E-state index contributed by atoms with van der Waals surface area (Å²) >= 11 is 0. The van der Waals surface area contributed by atoms with Gasteiger partial charge in [0.2, 0.25) is 0 Å². The van der Waals surface area contributed by atoms with E-state index < -0.39 is 0 Å². The van der Waals surface area contributed by atoms with Crippen LogP contribution in [0.4, 0.5) is 5.69 Å². The molecule has 3 heteroatoms. The summed E-state index contributed by atoms with van der Waals surface area (Å²) < 4.78 is 0. The van der Waals surface area contributed by atoms with Crippen molar-refractivity contribution in [2.45, 2.75) is 13.1 Å². The Balaban J connectivity index is 2.65. The van der Waals surface area contributed by atoms with Gasteiger partial charge in [0.05, 0.1) is 5.69 Å². The number of benzene rings is 1. The first kappa shape index (κ1) is 7.88. The molecule has 3 nitrogen and oxygen atoms in total. The van der Waals surface area contributed by atoms with Gasteiger partial charge in [-0.15, -0.1) is 0 Å². The molecule has 1 atom stereocenters. The molecule has 0 fully saturated rings. The SMILES string of the molecule is CC(N)N=Nc1ccccc1. The topological polar surface area (TPSA) is 50.7 Å². The van der Waals surface area contributed by atoms with Gasteiger partial charge < -0.3 is 5.73 Å². The van der Waals surface area contributed by atoms with Crippen molar-refractivity contribution < 1.29 is 0 Å². The van der Waals surface area contributed by atoms with E-state index in [0.29, 0.717) is 0 Å². The fourth-order valence-electron chi connectivity index (χ4n) is 0.652. The van der Waals surface area contributed by atoms with Gasteiger partial charge in [0, 0.05) is 0 Å². The quantitative estimate of drug-likeness (QED) is 0.643. The van der Waals surface area contributed by atoms with Gasteiger partial charge in [-0.1, -0.05) is 18.2 Å². The number of rotatable bonds is 2. The third kappa shape index (κ3) is 2.91. The lowest BCUT2D eigenvalue weighted by Gasteiger charge is -1.93. The van der Waals surface area contributed by atoms with Crippen molar-refractivity contribution in [2.24, 2.45) is 16.0 Å². The summed E-state index contributed by atoms with van der Waals surface area (Å²) in [7, 11) is 0. The highest BCUT2D eigenvalue weighted by Gasteiger charge is 1.86. The fraction of sp³-hybridized carbons (Fsp3) is 0.250. The predicted octanol–water partition coefficient (Wildman–Crippen LogP) is 2.08. The minimum absolute atomic E-state index is 0.227. The van der Waals surface area contributed by atoms with Crippen LogP contribution >= 0.6 is 0 Å². The van der Waals surface area contributed by atoms with E-state index in [2.05, 4.69) is 10.2 Å². The zero-order chi connectivity index (χ0) is 8.10. The highest BCUT2D eigenvalue weighted by molar-refractivity contribution is 5.34. The summed E-state index contributed by atoms with van der Waals surface area (Å²) in [6, 6.07) is 9.52. The number of nitrogens with zero attached hydrogens (tertiary/aromatic N) is 2. The smallest absolute Gasteiger partial charge is 0.116 e. The Kier molecular flexibility index (Phi) is 2.74. The minimum atomic E-state index is -0.227. The van der Waals surface area contributed by atoms with Crippen LogP contribution in [0.15, 0.2) is 40.6 Å². The van der Waals surface area contributed by atoms with Gasteiger partial charge in [0.25, 0.3) is 0 Å². The number of azo groups is 1. The van der Waals surface area contributed by atoms with E-state index in [9.17, 15) is 0 Å². The molecule has 2 N–H and O–H groups in total. The first-order valence-corrected chi connectivity index (χ1v) is 3.50. The molecule has 0 radical (unpaired) electrons. The fourth-order valence-corrected chi connectivity index (χ4v) is 0.652. The van der Waals surface area contributed by atoms with Gasteiger partial charge in [-0.2, -0.15) is 10.2 Å². The number of hydrogen-bond donors (Lipinski definition) is 1. The molecule has 0 saturated heterocycles. The van der Waals surface area contributed by atoms with Crippen LogP contribution in [0.5, 0.6) is 0 Å². The molecule has 1 aromatic rings. The van der Waals surface area contributed by atoms with Crippen molar-refractivity contribution in [3.63, 3.8) is 0 Å². The van der Waals surface area contributed by atoms with Gasteiger partial charge in [0.15, 0.2) is 0 Å². The Labute approximate surface area is 65.9 Å². The normalized spacial score (nSPS) is 13.6. The molecule has 1 rings (SSSR count). The maximum atomic E-state index is 5.38. The Bertz CT molecular complexity index is 228. The van der Waals surface area contributed by atoms with Crippen LogP contribution in [-0.4, -0.2) is 6.17 Å². The summed E-state index contributed by atoms with van der Waals surface area (Å²) in [5, 5.41) is 7.70. The van der Waals surface area contributed by atoms with E-state index in [1.807, 2.05) is 30.3 Å². The highest BCUT2D eigenvalue weighted by Crippen LogP contribution is 2.09. The molecule has 0 heterocycles. The molecule has 0 aliphatic heterocycles. The van der Waals surface area contributed by atoms with E-state index in [1.54, 1.807) is 6.92 Å². The first-order valence-electron chi connectivity index (χ1n) is 3.50. The third-order valence-corrected chi connectivity index (χ3v) is 1.11. The van der Waals surface area contributed by atoms with Gasteiger partial charge in [-0.25, -0.2) is 0 Å². The highest BCUT2D eigenvalue weighted by atomic mass is 15.2. The Hall–Kier alpha value is -1.22. The molecule has 11 heavy (non-hydrogen) atoms. The largest absolute Gasteiger partial charge is 0.308 e. The molecule has 58 valence electrons. The van der Waals surface area contributed by atoms with Gasteiger partial charge >= 0.3 is 0 Å². The lowest BCUT2D eigenvalue weighted by molar-refractivity contribution is 0.742. The van der Waals surface area contributed by atoms with E-state index in [1.165, 1.54) is 0 Å². The van der Waals surface area contributed by atoms with Crippen LogP contribution in [-0.2, 0) is 0 Å². The second-order valence-electron chi connectivity index (χ2n) is 2.29. The molecule has 0 amide bonds. The van der Waals surface area contributed by atoms with Crippen LogP contribution in [0.25, 0.3) is 0 Å². The lowest BCUT2D eigenvalue weighted by Crippen LogP contribution is -2.09. The molecular weight excluding hydrogens is 138 g/mol. The minimum Gasteiger partial charge on any atom is -0.308 e. The van der Waals surface area contributed by atoms with Crippen molar-refractivity contribution in [2.75, 3.05) is 0 Å².